The van der Waals surface area contributed by atoms with Gasteiger partial charge in [-0.2, -0.15) is 23.1 Å². The molecule has 0 N–H and O–H groups in total. The zero-order valence-electron chi connectivity index (χ0n) is 22.6. The van der Waals surface area contributed by atoms with Gasteiger partial charge in [0.15, 0.2) is 5.82 Å². The molecule has 2 aromatic rings. The maximum atomic E-state index is 15.4. The molecule has 40 heavy (non-hydrogen) atoms. The van der Waals surface area contributed by atoms with E-state index in [0.717, 1.165) is 6.07 Å². The third-order valence-electron chi connectivity index (χ3n) is 7.56. The minimum atomic E-state index is -4.83. The van der Waals surface area contributed by atoms with Gasteiger partial charge in [-0.25, -0.2) is 13.6 Å². The van der Waals surface area contributed by atoms with Crippen molar-refractivity contribution in [1.82, 2.24) is 19.8 Å². The number of likely N-dealkylation sites (N-methyl/N-ethyl adjacent to an activating group) is 1. The van der Waals surface area contributed by atoms with Crippen molar-refractivity contribution >= 4 is 38.7 Å². The van der Waals surface area contributed by atoms with E-state index in [4.69, 9.17) is 9.47 Å². The van der Waals surface area contributed by atoms with Crippen LogP contribution in [-0.2, 0) is 10.9 Å². The number of rotatable bonds is 4. The van der Waals surface area contributed by atoms with Crippen LogP contribution in [0.2, 0.25) is 0 Å². The van der Waals surface area contributed by atoms with Gasteiger partial charge in [0.25, 0.3) is 0 Å². The summed E-state index contributed by atoms with van der Waals surface area (Å²) in [6, 6.07) is -0.166. The van der Waals surface area contributed by atoms with E-state index in [-0.39, 0.29) is 73.5 Å². The van der Waals surface area contributed by atoms with Crippen LogP contribution in [0.5, 0.6) is 6.01 Å². The number of halogens is 6. The molecule has 5 rings (SSSR count). The molecule has 1 aromatic heterocycles. The first-order chi connectivity index (χ1) is 18.6. The third kappa shape index (κ3) is 5.65. The molecule has 3 saturated heterocycles. The molecule has 8 nitrogen and oxygen atoms in total. The van der Waals surface area contributed by atoms with E-state index in [9.17, 15) is 22.4 Å². The van der Waals surface area contributed by atoms with Crippen molar-refractivity contribution in [3.8, 4) is 6.01 Å². The Morgan fingerprint density at radius 1 is 1.12 bits per heavy atom. The lowest BCUT2D eigenvalue weighted by atomic mass is 10.1. The fourth-order valence-electron chi connectivity index (χ4n) is 5.75. The second kappa shape index (κ2) is 10.4. The van der Waals surface area contributed by atoms with E-state index >= 15 is 4.39 Å². The summed E-state index contributed by atoms with van der Waals surface area (Å²) in [5.41, 5.74) is -2.20. The number of alkyl halides is 4. The van der Waals surface area contributed by atoms with E-state index in [1.807, 2.05) is 0 Å². The highest BCUT2D eigenvalue weighted by atomic mass is 79.9. The summed E-state index contributed by atoms with van der Waals surface area (Å²) in [6.45, 7) is 6.14. The number of carbonyl (C=O) groups excluding carboxylic acids is 1. The highest BCUT2D eigenvalue weighted by molar-refractivity contribution is 9.10. The summed E-state index contributed by atoms with van der Waals surface area (Å²) in [6.07, 6.45) is -4.67. The summed E-state index contributed by atoms with van der Waals surface area (Å²) >= 11 is 2.75. The van der Waals surface area contributed by atoms with Crippen LogP contribution in [0.4, 0.5) is 32.6 Å². The van der Waals surface area contributed by atoms with Crippen LogP contribution < -0.4 is 9.64 Å². The zero-order valence-corrected chi connectivity index (χ0v) is 24.2. The molecule has 4 heterocycles. The Labute approximate surface area is 236 Å². The molecule has 0 saturated carbocycles. The Morgan fingerprint density at radius 2 is 1.77 bits per heavy atom. The maximum absolute atomic E-state index is 15.4. The summed E-state index contributed by atoms with van der Waals surface area (Å²) in [5, 5.41) is -0.118. The standard InChI is InChI=1S/C26H31BrF5N5O3/c1-25(2,3)40-24(38)37-14-5-6-15(37)11-36(10-14)22-17-8-18(26(30,31)32)19(27)20(29)21(17)33-23(34-22)39-12-16-7-13(28)9-35(16)4/h8,13-16H,5-7,9-12H2,1-4H3/t13-,14?,15?,16+/m1/s1. The molecule has 1 aromatic carbocycles. The predicted molar refractivity (Wildman–Crippen MR) is 141 cm³/mol. The van der Waals surface area contributed by atoms with E-state index in [1.165, 1.54) is 0 Å². The topological polar surface area (TPSA) is 71.0 Å². The number of ether oxygens (including phenoxy) is 2. The Balaban J connectivity index is 1.52. The number of fused-ring (bicyclic) bond motifs is 3. The quantitative estimate of drug-likeness (QED) is 0.408. The highest BCUT2D eigenvalue weighted by Crippen LogP contribution is 2.42. The number of aromatic nitrogens is 2. The molecule has 1 amide bonds. The van der Waals surface area contributed by atoms with E-state index in [2.05, 4.69) is 25.9 Å². The molecule has 3 aliphatic heterocycles. The lowest BCUT2D eigenvalue weighted by Crippen LogP contribution is -2.57. The molecular weight excluding hydrogens is 605 g/mol. The fraction of sp³-hybridized carbons (Fsp3) is 0.654. The SMILES string of the molecule is CN1C[C@H](F)C[C@H]1COc1nc(N2CC3CCC(C2)N3C(=O)OC(C)(C)C)c2cc(C(F)(F)F)c(Br)c(F)c2n1. The maximum Gasteiger partial charge on any atom is 0.417 e. The molecule has 14 heteroatoms. The normalized spacial score (nSPS) is 25.6. The summed E-state index contributed by atoms with van der Waals surface area (Å²) in [5.74, 6) is -1.10. The van der Waals surface area contributed by atoms with E-state index in [0.29, 0.717) is 12.8 Å². The molecule has 220 valence electrons. The van der Waals surface area contributed by atoms with Crippen molar-refractivity contribution in [2.24, 2.45) is 0 Å². The second-order valence-electron chi connectivity index (χ2n) is 11.7. The minimum absolute atomic E-state index is 0.0307. The molecule has 0 radical (unpaired) electrons. The largest absolute Gasteiger partial charge is 0.462 e. The molecule has 3 fully saturated rings. The van der Waals surface area contributed by atoms with Gasteiger partial charge < -0.3 is 14.4 Å². The lowest BCUT2D eigenvalue weighted by Gasteiger charge is -2.42. The second-order valence-corrected chi connectivity index (χ2v) is 12.5. The molecule has 2 bridgehead atoms. The summed E-state index contributed by atoms with van der Waals surface area (Å²) in [4.78, 5) is 26.7. The average Bonchev–Trinajstić information content (AvgIpc) is 3.31. The first-order valence-corrected chi connectivity index (χ1v) is 13.9. The molecule has 3 aliphatic rings. The summed E-state index contributed by atoms with van der Waals surface area (Å²) < 4.78 is 81.3. The van der Waals surface area contributed by atoms with Gasteiger partial charge in [0.1, 0.15) is 29.7 Å². The van der Waals surface area contributed by atoms with Crippen molar-refractivity contribution < 1.29 is 36.2 Å². The first kappa shape index (κ1) is 29.0. The van der Waals surface area contributed by atoms with Gasteiger partial charge >= 0.3 is 18.3 Å². The van der Waals surface area contributed by atoms with Crippen LogP contribution >= 0.6 is 15.9 Å². The number of amides is 1. The van der Waals surface area contributed by atoms with Gasteiger partial charge in [0.05, 0.1) is 22.1 Å². The number of benzene rings is 1. The van der Waals surface area contributed by atoms with Gasteiger partial charge in [-0.15, -0.1) is 0 Å². The first-order valence-electron chi connectivity index (χ1n) is 13.1. The Bertz CT molecular complexity index is 1290. The summed E-state index contributed by atoms with van der Waals surface area (Å²) in [7, 11) is 1.76. The van der Waals surface area contributed by atoms with Crippen LogP contribution in [0.3, 0.4) is 0 Å². The lowest BCUT2D eigenvalue weighted by molar-refractivity contribution is -0.138. The number of hydrogen-bond donors (Lipinski definition) is 0. The smallest absolute Gasteiger partial charge is 0.417 e. The number of hydrogen-bond acceptors (Lipinski definition) is 7. The minimum Gasteiger partial charge on any atom is -0.462 e. The van der Waals surface area contributed by atoms with Crippen molar-refractivity contribution in [1.29, 1.82) is 0 Å². The van der Waals surface area contributed by atoms with Crippen LogP contribution in [0.15, 0.2) is 10.5 Å². The molecule has 0 spiro atoms. The Morgan fingerprint density at radius 3 is 2.33 bits per heavy atom. The Hall–Kier alpha value is -2.48. The number of nitrogens with zero attached hydrogens (tertiary/aromatic N) is 5. The van der Waals surface area contributed by atoms with Crippen LogP contribution in [0, 0.1) is 5.82 Å². The molecule has 0 aliphatic carbocycles. The van der Waals surface area contributed by atoms with E-state index < -0.39 is 39.9 Å². The average molecular weight is 636 g/mol. The number of piperazine rings is 1. The zero-order chi connectivity index (χ0) is 29.1. The molecule has 2 unspecified atom stereocenters. The highest BCUT2D eigenvalue weighted by Gasteiger charge is 2.45. The number of likely N-dealkylation sites (tertiary alicyclic amines) is 1. The molecular formula is C26H31BrF5N5O3. The van der Waals surface area contributed by atoms with Crippen LogP contribution in [0.1, 0.15) is 45.6 Å². The number of anilines is 1. The van der Waals surface area contributed by atoms with Crippen molar-refractivity contribution in [3.63, 3.8) is 0 Å². The van der Waals surface area contributed by atoms with Gasteiger partial charge in [-0.3, -0.25) is 9.80 Å². The van der Waals surface area contributed by atoms with Crippen molar-refractivity contribution in [2.45, 2.75) is 76.1 Å². The van der Waals surface area contributed by atoms with Crippen LogP contribution in [0.25, 0.3) is 10.9 Å². The molecule has 4 atom stereocenters. The monoisotopic (exact) mass is 635 g/mol. The number of carbonyl (C=O) groups is 1. The van der Waals surface area contributed by atoms with E-state index in [1.54, 1.807) is 42.5 Å². The predicted octanol–water partition coefficient (Wildman–Crippen LogP) is 5.56. The third-order valence-corrected chi connectivity index (χ3v) is 8.34. The van der Waals surface area contributed by atoms with Gasteiger partial charge in [0, 0.05) is 31.1 Å². The Kier molecular flexibility index (Phi) is 7.56. The van der Waals surface area contributed by atoms with Crippen molar-refractivity contribution in [2.75, 3.05) is 38.2 Å². The van der Waals surface area contributed by atoms with Gasteiger partial charge in [-0.1, -0.05) is 0 Å². The van der Waals surface area contributed by atoms with Crippen LogP contribution in [-0.4, -0.2) is 89.0 Å². The van der Waals surface area contributed by atoms with Gasteiger partial charge in [-0.05, 0) is 69.1 Å². The van der Waals surface area contributed by atoms with Gasteiger partial charge in [0.2, 0.25) is 0 Å². The fourth-order valence-corrected chi connectivity index (χ4v) is 6.27. The van der Waals surface area contributed by atoms with Crippen molar-refractivity contribution in [3.05, 3.63) is 21.9 Å².